The zero-order valence-electron chi connectivity index (χ0n) is 7.80. The summed E-state index contributed by atoms with van der Waals surface area (Å²) in [5.74, 6) is 1.07. The summed E-state index contributed by atoms with van der Waals surface area (Å²) in [5.41, 5.74) is 0. The van der Waals surface area contributed by atoms with Crippen LogP contribution in [-0.4, -0.2) is 11.6 Å². The minimum Gasteiger partial charge on any atom is -0.300 e. The average Bonchev–Trinajstić information content (AvgIpc) is 2.49. The van der Waals surface area contributed by atoms with Crippen LogP contribution in [0.15, 0.2) is 0 Å². The Balaban J connectivity index is 2.48. The molecule has 0 aromatic heterocycles. The Bertz CT molecular complexity index is 196. The number of hydrogen-bond donors (Lipinski definition) is 0. The fourth-order valence-corrected chi connectivity index (χ4v) is 1.85. The molecule has 0 amide bonds. The Morgan fingerprint density at radius 1 is 1.67 bits per heavy atom. The maximum atomic E-state index is 11.3. The van der Waals surface area contributed by atoms with Gasteiger partial charge in [0.25, 0.3) is 0 Å². The van der Waals surface area contributed by atoms with Crippen molar-refractivity contribution >= 4 is 11.6 Å². The molecule has 1 rings (SSSR count). The minimum absolute atomic E-state index is 0.0986. The second-order valence-corrected chi connectivity index (χ2v) is 3.65. The molecule has 0 aromatic carbocycles. The summed E-state index contributed by atoms with van der Waals surface area (Å²) in [5, 5.41) is 0. The van der Waals surface area contributed by atoms with E-state index in [4.69, 9.17) is 0 Å². The first-order chi connectivity index (χ1) is 5.65. The molecular weight excluding hydrogens is 152 g/mol. The van der Waals surface area contributed by atoms with Gasteiger partial charge in [-0.25, -0.2) is 0 Å². The zero-order chi connectivity index (χ0) is 9.14. The van der Waals surface area contributed by atoms with E-state index in [1.165, 1.54) is 0 Å². The van der Waals surface area contributed by atoms with Crippen molar-refractivity contribution in [1.29, 1.82) is 0 Å². The Hall–Kier alpha value is -0.660. The third-order valence-corrected chi connectivity index (χ3v) is 2.85. The van der Waals surface area contributed by atoms with Crippen molar-refractivity contribution in [2.24, 2.45) is 11.8 Å². The molecule has 68 valence electrons. The highest BCUT2D eigenvalue weighted by Gasteiger charge is 2.29. The minimum atomic E-state index is 0.0986. The number of rotatable bonds is 3. The maximum absolute atomic E-state index is 11.3. The van der Waals surface area contributed by atoms with Gasteiger partial charge in [0.1, 0.15) is 11.6 Å². The van der Waals surface area contributed by atoms with Crippen molar-refractivity contribution < 1.29 is 9.59 Å². The Labute approximate surface area is 73.3 Å². The van der Waals surface area contributed by atoms with E-state index in [1.54, 1.807) is 0 Å². The number of carbonyl (C=O) groups excluding carboxylic acids is 2. The van der Waals surface area contributed by atoms with Gasteiger partial charge in [0, 0.05) is 25.2 Å². The summed E-state index contributed by atoms with van der Waals surface area (Å²) in [6.07, 6.45) is 2.84. The molecule has 1 aliphatic rings. The molecule has 2 atom stereocenters. The van der Waals surface area contributed by atoms with E-state index in [0.717, 1.165) is 6.42 Å². The molecule has 0 saturated heterocycles. The molecule has 0 radical (unpaired) electrons. The number of ketones is 2. The molecule has 0 bridgehead atoms. The zero-order valence-corrected chi connectivity index (χ0v) is 7.80. The quantitative estimate of drug-likeness (QED) is 0.645. The van der Waals surface area contributed by atoms with E-state index < -0.39 is 0 Å². The van der Waals surface area contributed by atoms with Crippen LogP contribution in [-0.2, 0) is 9.59 Å². The Kier molecular flexibility index (Phi) is 3.01. The molecular formula is C10H16O2. The fourth-order valence-electron chi connectivity index (χ4n) is 1.85. The van der Waals surface area contributed by atoms with E-state index in [2.05, 4.69) is 0 Å². The predicted octanol–water partition coefficient (Wildman–Crippen LogP) is 1.97. The summed E-state index contributed by atoms with van der Waals surface area (Å²) in [7, 11) is 0. The number of hydrogen-bond acceptors (Lipinski definition) is 2. The lowest BCUT2D eigenvalue weighted by atomic mass is 9.88. The molecule has 2 heteroatoms. The van der Waals surface area contributed by atoms with Crippen molar-refractivity contribution in [1.82, 2.24) is 0 Å². The summed E-state index contributed by atoms with van der Waals surface area (Å²) in [4.78, 5) is 22.3. The second kappa shape index (κ2) is 3.83. The van der Waals surface area contributed by atoms with Crippen molar-refractivity contribution in [3.05, 3.63) is 0 Å². The monoisotopic (exact) mass is 168 g/mol. The van der Waals surface area contributed by atoms with Gasteiger partial charge in [-0.2, -0.15) is 0 Å². The van der Waals surface area contributed by atoms with E-state index >= 15 is 0 Å². The van der Waals surface area contributed by atoms with Crippen LogP contribution in [0.25, 0.3) is 0 Å². The van der Waals surface area contributed by atoms with Gasteiger partial charge in [-0.05, 0) is 12.3 Å². The third kappa shape index (κ3) is 1.93. The highest BCUT2D eigenvalue weighted by atomic mass is 16.1. The molecule has 0 heterocycles. The summed E-state index contributed by atoms with van der Waals surface area (Å²) >= 11 is 0. The van der Waals surface area contributed by atoms with Gasteiger partial charge in [-0.1, -0.05) is 13.8 Å². The highest BCUT2D eigenvalue weighted by molar-refractivity contribution is 5.84. The molecule has 1 saturated carbocycles. The highest BCUT2D eigenvalue weighted by Crippen LogP contribution is 2.29. The fraction of sp³-hybridized carbons (Fsp3) is 0.800. The molecule has 0 aromatic rings. The molecule has 2 unspecified atom stereocenters. The summed E-state index contributed by atoms with van der Waals surface area (Å²) in [6, 6.07) is 0. The largest absolute Gasteiger partial charge is 0.300 e. The molecule has 0 spiro atoms. The van der Waals surface area contributed by atoms with Gasteiger partial charge in [-0.15, -0.1) is 0 Å². The van der Waals surface area contributed by atoms with Crippen LogP contribution in [0.4, 0.5) is 0 Å². The van der Waals surface area contributed by atoms with Crippen LogP contribution >= 0.6 is 0 Å². The SMILES string of the molecule is CCC(=O)C(C)C1CCC(=O)C1. The molecule has 2 nitrogen and oxygen atoms in total. The van der Waals surface area contributed by atoms with Gasteiger partial charge in [-0.3, -0.25) is 9.59 Å². The van der Waals surface area contributed by atoms with E-state index in [9.17, 15) is 9.59 Å². The Morgan fingerprint density at radius 2 is 2.33 bits per heavy atom. The van der Waals surface area contributed by atoms with Crippen LogP contribution in [0.1, 0.15) is 39.5 Å². The first kappa shape index (κ1) is 9.43. The van der Waals surface area contributed by atoms with Crippen molar-refractivity contribution in [3.8, 4) is 0 Å². The van der Waals surface area contributed by atoms with Crippen LogP contribution < -0.4 is 0 Å². The van der Waals surface area contributed by atoms with E-state index in [-0.39, 0.29) is 5.92 Å². The van der Waals surface area contributed by atoms with Crippen LogP contribution in [0.2, 0.25) is 0 Å². The smallest absolute Gasteiger partial charge is 0.135 e. The predicted molar refractivity (Wildman–Crippen MR) is 46.8 cm³/mol. The van der Waals surface area contributed by atoms with Gasteiger partial charge in [0.2, 0.25) is 0 Å². The van der Waals surface area contributed by atoms with E-state index in [1.807, 2.05) is 13.8 Å². The maximum Gasteiger partial charge on any atom is 0.135 e. The lowest BCUT2D eigenvalue weighted by Crippen LogP contribution is -2.18. The summed E-state index contributed by atoms with van der Waals surface area (Å²) < 4.78 is 0. The van der Waals surface area contributed by atoms with E-state index in [0.29, 0.717) is 36.7 Å². The second-order valence-electron chi connectivity index (χ2n) is 3.65. The lowest BCUT2D eigenvalue weighted by Gasteiger charge is -2.15. The van der Waals surface area contributed by atoms with Gasteiger partial charge in [0.05, 0.1) is 0 Å². The molecule has 12 heavy (non-hydrogen) atoms. The number of Topliss-reactive ketones (excluding diaryl/α,β-unsaturated/α-hetero) is 2. The van der Waals surface area contributed by atoms with Crippen molar-refractivity contribution in [2.45, 2.75) is 39.5 Å². The molecule has 1 fully saturated rings. The normalized spacial score (nSPS) is 25.8. The molecule has 0 aliphatic heterocycles. The van der Waals surface area contributed by atoms with Crippen molar-refractivity contribution in [3.63, 3.8) is 0 Å². The standard InChI is InChI=1S/C10H16O2/c1-3-10(12)7(2)8-4-5-9(11)6-8/h7-8H,3-6H2,1-2H3. The molecule has 0 N–H and O–H groups in total. The lowest BCUT2D eigenvalue weighted by molar-refractivity contribution is -0.123. The first-order valence-electron chi connectivity index (χ1n) is 4.69. The van der Waals surface area contributed by atoms with Crippen LogP contribution in [0, 0.1) is 11.8 Å². The molecule has 1 aliphatic carbocycles. The van der Waals surface area contributed by atoms with Crippen LogP contribution in [0.5, 0.6) is 0 Å². The van der Waals surface area contributed by atoms with Crippen molar-refractivity contribution in [2.75, 3.05) is 0 Å². The third-order valence-electron chi connectivity index (χ3n) is 2.85. The topological polar surface area (TPSA) is 34.1 Å². The average molecular weight is 168 g/mol. The Morgan fingerprint density at radius 3 is 2.75 bits per heavy atom. The number of carbonyl (C=O) groups is 2. The van der Waals surface area contributed by atoms with Gasteiger partial charge >= 0.3 is 0 Å². The van der Waals surface area contributed by atoms with Gasteiger partial charge < -0.3 is 0 Å². The first-order valence-corrected chi connectivity index (χ1v) is 4.69. The van der Waals surface area contributed by atoms with Crippen LogP contribution in [0.3, 0.4) is 0 Å². The summed E-state index contributed by atoms with van der Waals surface area (Å²) in [6.45, 7) is 3.84. The van der Waals surface area contributed by atoms with Gasteiger partial charge in [0.15, 0.2) is 0 Å².